The highest BCUT2D eigenvalue weighted by atomic mass is 32.1. The molecule has 1 fully saturated rings. The number of imidazole rings is 1. The maximum Gasteiger partial charge on any atom is 0.212 e. The molecular weight excluding hydrogens is 476 g/mol. The summed E-state index contributed by atoms with van der Waals surface area (Å²) in [5.74, 6) is 1.56. The Morgan fingerprint density at radius 2 is 1.97 bits per heavy atom. The number of hydrogen-bond acceptors (Lipinski definition) is 5. The number of aromatic nitrogens is 3. The van der Waals surface area contributed by atoms with Crippen molar-refractivity contribution >= 4 is 33.6 Å². The van der Waals surface area contributed by atoms with E-state index in [1.807, 2.05) is 4.52 Å². The molecule has 0 amide bonds. The van der Waals surface area contributed by atoms with Crippen LogP contribution in [-0.2, 0) is 19.3 Å². The van der Waals surface area contributed by atoms with Gasteiger partial charge in [-0.2, -0.15) is 5.10 Å². The summed E-state index contributed by atoms with van der Waals surface area (Å²) in [6, 6.07) is 11.5. The molecule has 6 heteroatoms. The van der Waals surface area contributed by atoms with E-state index in [4.69, 9.17) is 9.72 Å². The van der Waals surface area contributed by atoms with Gasteiger partial charge in [0.15, 0.2) is 0 Å². The first-order valence-corrected chi connectivity index (χ1v) is 14.5. The molecule has 2 aliphatic rings. The molecule has 2 aromatic heterocycles. The lowest BCUT2D eigenvalue weighted by molar-refractivity contribution is 0.228. The van der Waals surface area contributed by atoms with Crippen LogP contribution >= 0.6 is 11.3 Å². The summed E-state index contributed by atoms with van der Waals surface area (Å²) in [6.07, 6.45) is 9.65. The van der Waals surface area contributed by atoms with Crippen molar-refractivity contribution in [2.45, 2.75) is 59.8 Å². The van der Waals surface area contributed by atoms with E-state index in [1.54, 1.807) is 11.3 Å². The van der Waals surface area contributed by atoms with E-state index in [0.29, 0.717) is 5.92 Å². The number of allylic oxidation sites excluding steroid dienone is 1. The molecule has 6 rings (SSSR count). The van der Waals surface area contributed by atoms with E-state index in [2.05, 4.69) is 80.3 Å². The van der Waals surface area contributed by atoms with Crippen LogP contribution in [0.25, 0.3) is 16.6 Å². The second-order valence-electron chi connectivity index (χ2n) is 10.6. The van der Waals surface area contributed by atoms with Gasteiger partial charge in [-0.05, 0) is 91.6 Å². The summed E-state index contributed by atoms with van der Waals surface area (Å²) in [5, 5.41) is 5.78. The Hall–Kier alpha value is -3.12. The Bertz CT molecular complexity index is 1450. The Morgan fingerprint density at radius 3 is 2.76 bits per heavy atom. The van der Waals surface area contributed by atoms with Crippen molar-refractivity contribution in [1.82, 2.24) is 14.6 Å². The maximum atomic E-state index is 6.61. The summed E-state index contributed by atoms with van der Waals surface area (Å²) < 4.78 is 8.54. The average molecular weight is 513 g/mol. The molecular formula is C31H36N4OS. The fourth-order valence-corrected chi connectivity index (χ4v) is 6.40. The second-order valence-corrected chi connectivity index (χ2v) is 11.6. The number of aryl methyl sites for hydroxylation is 4. The lowest BCUT2D eigenvalue weighted by atomic mass is 9.97. The molecule has 37 heavy (non-hydrogen) atoms. The van der Waals surface area contributed by atoms with Crippen LogP contribution in [-0.4, -0.2) is 34.3 Å². The molecule has 2 aromatic carbocycles. The topological polar surface area (TPSA) is 42.7 Å². The number of nitrogens with zero attached hydrogens (tertiary/aromatic N) is 4. The molecule has 0 radical (unpaired) electrons. The zero-order valence-electron chi connectivity index (χ0n) is 22.4. The Labute approximate surface area is 223 Å². The third-order valence-corrected chi connectivity index (χ3v) is 9.03. The van der Waals surface area contributed by atoms with Crippen LogP contribution in [0.2, 0.25) is 0 Å². The molecule has 1 unspecified atom stereocenters. The van der Waals surface area contributed by atoms with Gasteiger partial charge in [-0.15, -0.1) is 0 Å². The maximum absolute atomic E-state index is 6.61. The third kappa shape index (κ3) is 4.79. The zero-order valence-corrected chi connectivity index (χ0v) is 23.2. The normalized spacial score (nSPS) is 17.4. The van der Waals surface area contributed by atoms with Crippen molar-refractivity contribution in [3.05, 3.63) is 75.0 Å². The average Bonchev–Trinajstić information content (AvgIpc) is 3.62. The van der Waals surface area contributed by atoms with Crippen molar-refractivity contribution in [3.8, 4) is 5.75 Å². The molecule has 5 nitrogen and oxygen atoms in total. The van der Waals surface area contributed by atoms with Gasteiger partial charge in [0.05, 0.1) is 18.5 Å². The van der Waals surface area contributed by atoms with Crippen molar-refractivity contribution in [2.24, 2.45) is 5.92 Å². The summed E-state index contributed by atoms with van der Waals surface area (Å²) in [7, 11) is 0. The van der Waals surface area contributed by atoms with Crippen molar-refractivity contribution in [3.63, 3.8) is 0 Å². The van der Waals surface area contributed by atoms with E-state index in [-0.39, 0.29) is 0 Å². The van der Waals surface area contributed by atoms with Crippen LogP contribution in [0.4, 0.5) is 5.69 Å². The predicted molar refractivity (Wildman–Crippen MR) is 154 cm³/mol. The van der Waals surface area contributed by atoms with Gasteiger partial charge in [0.2, 0.25) is 4.96 Å². The Balaban J connectivity index is 1.20. The van der Waals surface area contributed by atoms with E-state index in [9.17, 15) is 0 Å². The largest absolute Gasteiger partial charge is 0.493 e. The molecule has 0 N–H and O–H groups in total. The second kappa shape index (κ2) is 9.97. The van der Waals surface area contributed by atoms with Crippen molar-refractivity contribution in [1.29, 1.82) is 0 Å². The molecule has 0 bridgehead atoms. The van der Waals surface area contributed by atoms with E-state index >= 15 is 0 Å². The Morgan fingerprint density at radius 1 is 1.08 bits per heavy atom. The van der Waals surface area contributed by atoms with Crippen LogP contribution < -0.4 is 9.64 Å². The minimum Gasteiger partial charge on any atom is -0.493 e. The van der Waals surface area contributed by atoms with Gasteiger partial charge >= 0.3 is 0 Å². The lowest BCUT2D eigenvalue weighted by Gasteiger charge is -2.34. The molecule has 0 saturated carbocycles. The predicted octanol–water partition coefficient (Wildman–Crippen LogP) is 6.92. The van der Waals surface area contributed by atoms with Gasteiger partial charge in [0.1, 0.15) is 10.8 Å². The fraction of sp³-hybridized carbons (Fsp3) is 0.419. The SMILES string of the molecule is CCc1cc2c(c(OCC3CCCN(c4ccc(C)c(C)c4)C3)c1)C=C(c1cn3nc(CC)sc3n1)C2. The number of benzene rings is 2. The summed E-state index contributed by atoms with van der Waals surface area (Å²) in [6.45, 7) is 11.7. The molecule has 1 saturated heterocycles. The number of rotatable bonds is 7. The van der Waals surface area contributed by atoms with Crippen molar-refractivity contribution in [2.75, 3.05) is 24.6 Å². The number of anilines is 1. The van der Waals surface area contributed by atoms with Gasteiger partial charge in [-0.1, -0.05) is 37.3 Å². The van der Waals surface area contributed by atoms with Crippen molar-refractivity contribution < 1.29 is 4.74 Å². The third-order valence-electron chi connectivity index (χ3n) is 7.96. The molecule has 4 aromatic rings. The van der Waals surface area contributed by atoms with Crippen LogP contribution in [0.1, 0.15) is 65.2 Å². The summed E-state index contributed by atoms with van der Waals surface area (Å²) in [5.41, 5.74) is 10.3. The molecule has 0 spiro atoms. The van der Waals surface area contributed by atoms with Gasteiger partial charge in [-0.3, -0.25) is 0 Å². The first-order valence-electron chi connectivity index (χ1n) is 13.7. The lowest BCUT2D eigenvalue weighted by Crippen LogP contribution is -2.37. The van der Waals surface area contributed by atoms with Gasteiger partial charge < -0.3 is 9.64 Å². The molecule has 1 aliphatic heterocycles. The fourth-order valence-electron chi connectivity index (χ4n) is 5.58. The first-order chi connectivity index (χ1) is 18.0. The number of ether oxygens (including phenoxy) is 1. The Kier molecular flexibility index (Phi) is 6.53. The molecule has 192 valence electrons. The van der Waals surface area contributed by atoms with Crippen LogP contribution in [0.3, 0.4) is 0 Å². The van der Waals surface area contributed by atoms with Crippen LogP contribution in [0.5, 0.6) is 5.75 Å². The minimum absolute atomic E-state index is 0.528. The standard InChI is InChI=1S/C31H36N4OS/c1-5-22-13-24-15-25(28-18-35-31(32-28)37-30(6-2)33-35)16-27(24)29(14-22)36-19-23-8-7-11-34(17-23)26-10-9-20(3)21(4)12-26/h9-10,12-14,16,18,23H,5-8,11,15,17,19H2,1-4H3. The summed E-state index contributed by atoms with van der Waals surface area (Å²) >= 11 is 1.68. The minimum atomic E-state index is 0.528. The van der Waals surface area contributed by atoms with Crippen LogP contribution in [0.15, 0.2) is 36.5 Å². The van der Waals surface area contributed by atoms with Gasteiger partial charge in [0, 0.05) is 36.7 Å². The van der Waals surface area contributed by atoms with E-state index in [1.165, 1.54) is 51.9 Å². The van der Waals surface area contributed by atoms with Gasteiger partial charge in [-0.25, -0.2) is 9.50 Å². The highest BCUT2D eigenvalue weighted by Crippen LogP contribution is 2.38. The zero-order chi connectivity index (χ0) is 25.5. The number of fused-ring (bicyclic) bond motifs is 2. The monoisotopic (exact) mass is 512 g/mol. The highest BCUT2D eigenvalue weighted by molar-refractivity contribution is 7.16. The highest BCUT2D eigenvalue weighted by Gasteiger charge is 2.24. The van der Waals surface area contributed by atoms with Gasteiger partial charge in [0.25, 0.3) is 0 Å². The summed E-state index contributed by atoms with van der Waals surface area (Å²) in [4.78, 5) is 8.40. The number of hydrogen-bond donors (Lipinski definition) is 0. The smallest absolute Gasteiger partial charge is 0.212 e. The molecule has 1 aliphatic carbocycles. The molecule has 1 atom stereocenters. The first kappa shape index (κ1) is 24.2. The quantitative estimate of drug-likeness (QED) is 0.269. The number of piperidine rings is 1. The van der Waals surface area contributed by atoms with E-state index < -0.39 is 0 Å². The molecule has 3 heterocycles. The van der Waals surface area contributed by atoms with E-state index in [0.717, 1.165) is 60.4 Å². The van der Waals surface area contributed by atoms with Crippen LogP contribution in [0, 0.1) is 19.8 Å².